The highest BCUT2D eigenvalue weighted by molar-refractivity contribution is 6.30. The van der Waals surface area contributed by atoms with E-state index in [4.69, 9.17) is 21.4 Å². The van der Waals surface area contributed by atoms with Crippen LogP contribution in [0.4, 0.5) is 5.95 Å². The molecule has 2 heterocycles. The quantitative estimate of drug-likeness (QED) is 0.591. The zero-order chi connectivity index (χ0) is 20.9. The van der Waals surface area contributed by atoms with Crippen LogP contribution in [0.1, 0.15) is 23.7 Å². The lowest BCUT2D eigenvalue weighted by Crippen LogP contribution is -2.39. The van der Waals surface area contributed by atoms with Crippen molar-refractivity contribution in [1.82, 2.24) is 25.7 Å². The molecular weight excluding hydrogens is 400 g/mol. The summed E-state index contributed by atoms with van der Waals surface area (Å²) in [4.78, 5) is 15.0. The van der Waals surface area contributed by atoms with Gasteiger partial charge in [0.25, 0.3) is 0 Å². The molecule has 154 valence electrons. The largest absolute Gasteiger partial charge is 0.350 e. The van der Waals surface area contributed by atoms with Crippen molar-refractivity contribution in [3.05, 3.63) is 88.7 Å². The van der Waals surface area contributed by atoms with Crippen molar-refractivity contribution >= 4 is 28.9 Å². The molecule has 1 aromatic heterocycles. The summed E-state index contributed by atoms with van der Waals surface area (Å²) in [6.45, 7) is 3.09. The molecule has 30 heavy (non-hydrogen) atoms. The van der Waals surface area contributed by atoms with Gasteiger partial charge >= 0.3 is 0 Å². The predicted octanol–water partition coefficient (Wildman–Crippen LogP) is 4.19. The fraction of sp³-hybridized carbons (Fsp3) is 0.182. The maximum absolute atomic E-state index is 6.07. The minimum absolute atomic E-state index is 0.508. The number of hydroxylamine groups is 1. The van der Waals surface area contributed by atoms with Crippen molar-refractivity contribution in [2.24, 2.45) is 0 Å². The Morgan fingerprint density at radius 3 is 2.57 bits per heavy atom. The molecule has 0 unspecified atom stereocenters. The van der Waals surface area contributed by atoms with E-state index in [0.717, 1.165) is 28.2 Å². The van der Waals surface area contributed by atoms with Crippen LogP contribution in [0, 0.1) is 0 Å². The second-order valence-electron chi connectivity index (χ2n) is 6.66. The third-order valence-corrected chi connectivity index (χ3v) is 4.80. The van der Waals surface area contributed by atoms with Gasteiger partial charge in [0.1, 0.15) is 5.70 Å². The fourth-order valence-corrected chi connectivity index (χ4v) is 3.30. The van der Waals surface area contributed by atoms with Gasteiger partial charge in [-0.2, -0.15) is 5.17 Å². The first-order valence-electron chi connectivity index (χ1n) is 9.70. The molecule has 0 saturated heterocycles. The molecule has 4 rings (SSSR count). The van der Waals surface area contributed by atoms with Crippen molar-refractivity contribution < 1.29 is 4.84 Å². The Balaban J connectivity index is 1.68. The molecule has 3 aromatic rings. The summed E-state index contributed by atoms with van der Waals surface area (Å²) in [5, 5.41) is 7.45. The third kappa shape index (κ3) is 4.38. The number of rotatable bonds is 7. The van der Waals surface area contributed by atoms with Crippen molar-refractivity contribution in [3.8, 4) is 0 Å². The van der Waals surface area contributed by atoms with Gasteiger partial charge in [-0.25, -0.2) is 9.97 Å². The third-order valence-electron chi connectivity index (χ3n) is 4.55. The van der Waals surface area contributed by atoms with Gasteiger partial charge in [-0.3, -0.25) is 10.3 Å². The lowest BCUT2D eigenvalue weighted by molar-refractivity contribution is -0.231. The number of hydrazine groups is 2. The molecule has 0 fully saturated rings. The summed E-state index contributed by atoms with van der Waals surface area (Å²) in [5.74, 6) is 0.547. The van der Waals surface area contributed by atoms with Crippen LogP contribution in [-0.4, -0.2) is 33.9 Å². The molecule has 1 aliphatic heterocycles. The summed E-state index contributed by atoms with van der Waals surface area (Å²) >= 11 is 6.07. The number of nitrogens with zero attached hydrogens (tertiary/aromatic N) is 4. The number of halogens is 1. The smallest absolute Gasteiger partial charge is 0.223 e. The summed E-state index contributed by atoms with van der Waals surface area (Å²) < 4.78 is 0. The second kappa shape index (κ2) is 9.13. The van der Waals surface area contributed by atoms with Crippen molar-refractivity contribution in [2.45, 2.75) is 13.5 Å². The summed E-state index contributed by atoms with van der Waals surface area (Å²) in [6.07, 6.45) is 1.74. The number of anilines is 1. The molecule has 2 N–H and O–H groups in total. The normalized spacial score (nSPS) is 14.2. The van der Waals surface area contributed by atoms with Crippen LogP contribution in [0.15, 0.2) is 66.9 Å². The highest BCUT2D eigenvalue weighted by Crippen LogP contribution is 2.33. The SMILES string of the molecule is CCON1C(c2ccnc(NCc3ccccc3)n2)=C(c2ccc(Cl)cc2)NN1C. The monoisotopic (exact) mass is 422 g/mol. The van der Waals surface area contributed by atoms with Crippen LogP contribution in [0.2, 0.25) is 5.02 Å². The zero-order valence-electron chi connectivity index (χ0n) is 16.8. The Morgan fingerprint density at radius 1 is 1.07 bits per heavy atom. The molecule has 0 radical (unpaired) electrons. The van der Waals surface area contributed by atoms with Gasteiger partial charge in [0.2, 0.25) is 5.95 Å². The van der Waals surface area contributed by atoms with Gasteiger partial charge in [-0.05, 0) is 30.7 Å². The van der Waals surface area contributed by atoms with Crippen molar-refractivity contribution in [1.29, 1.82) is 0 Å². The predicted molar refractivity (Wildman–Crippen MR) is 118 cm³/mol. The van der Waals surface area contributed by atoms with Gasteiger partial charge in [0.05, 0.1) is 18.0 Å². The van der Waals surface area contributed by atoms with Crippen LogP contribution in [0.3, 0.4) is 0 Å². The standard InChI is InChI=1S/C22H23ClN6O/c1-3-30-29-21(20(27-28(29)2)17-9-11-18(23)12-10-17)19-13-14-24-22(26-19)25-15-16-7-5-4-6-8-16/h4-14,27H,3,15H2,1-2H3,(H,24,25,26). The average Bonchev–Trinajstić information content (AvgIpc) is 3.10. The molecule has 0 bridgehead atoms. The van der Waals surface area contributed by atoms with Gasteiger partial charge in [0, 0.05) is 30.4 Å². The molecule has 0 spiro atoms. The van der Waals surface area contributed by atoms with E-state index in [1.807, 2.05) is 62.5 Å². The summed E-state index contributed by atoms with van der Waals surface area (Å²) in [6, 6.07) is 19.7. The topological polar surface area (TPSA) is 65.5 Å². The Morgan fingerprint density at radius 2 is 1.83 bits per heavy atom. The molecule has 0 saturated carbocycles. The summed E-state index contributed by atoms with van der Waals surface area (Å²) in [5.41, 5.74) is 7.87. The molecular formula is C22H23ClN6O. The maximum atomic E-state index is 6.07. The number of benzene rings is 2. The molecule has 8 heteroatoms. The van der Waals surface area contributed by atoms with E-state index in [-0.39, 0.29) is 0 Å². The van der Waals surface area contributed by atoms with Crippen molar-refractivity contribution in [3.63, 3.8) is 0 Å². The molecule has 2 aromatic carbocycles. The van der Waals surface area contributed by atoms with Gasteiger partial charge in [-0.15, -0.1) is 5.12 Å². The Labute approximate surface area is 180 Å². The van der Waals surface area contributed by atoms with Crippen LogP contribution < -0.4 is 10.7 Å². The maximum Gasteiger partial charge on any atom is 0.223 e. The van der Waals surface area contributed by atoms with Crippen molar-refractivity contribution in [2.75, 3.05) is 19.0 Å². The first kappa shape index (κ1) is 20.2. The minimum Gasteiger partial charge on any atom is -0.350 e. The second-order valence-corrected chi connectivity index (χ2v) is 7.10. The van der Waals surface area contributed by atoms with E-state index in [2.05, 4.69) is 27.9 Å². The van der Waals surface area contributed by atoms with Gasteiger partial charge < -0.3 is 5.32 Å². The summed E-state index contributed by atoms with van der Waals surface area (Å²) in [7, 11) is 1.88. The highest BCUT2D eigenvalue weighted by Gasteiger charge is 2.31. The number of hydrogen-bond donors (Lipinski definition) is 2. The zero-order valence-corrected chi connectivity index (χ0v) is 17.6. The first-order valence-corrected chi connectivity index (χ1v) is 10.1. The first-order chi connectivity index (χ1) is 14.7. The molecule has 7 nitrogen and oxygen atoms in total. The Bertz CT molecular complexity index is 1030. The molecule has 0 amide bonds. The van der Waals surface area contributed by atoms with E-state index in [9.17, 15) is 0 Å². The van der Waals surface area contributed by atoms with Gasteiger partial charge in [-0.1, -0.05) is 54.1 Å². The van der Waals surface area contributed by atoms with E-state index < -0.39 is 0 Å². The fourth-order valence-electron chi connectivity index (χ4n) is 3.18. The van der Waals surface area contributed by atoms with E-state index in [1.54, 1.807) is 16.5 Å². The van der Waals surface area contributed by atoms with Crippen LogP contribution >= 0.6 is 11.6 Å². The lowest BCUT2D eigenvalue weighted by atomic mass is 10.1. The minimum atomic E-state index is 0.508. The average molecular weight is 423 g/mol. The van der Waals surface area contributed by atoms with Gasteiger partial charge in [0.15, 0.2) is 0 Å². The van der Waals surface area contributed by atoms with E-state index in [1.165, 1.54) is 0 Å². The Kier molecular flexibility index (Phi) is 6.13. The highest BCUT2D eigenvalue weighted by atomic mass is 35.5. The van der Waals surface area contributed by atoms with E-state index >= 15 is 0 Å². The number of nitrogens with one attached hydrogen (secondary N) is 2. The number of hydrogen-bond acceptors (Lipinski definition) is 7. The van der Waals surface area contributed by atoms with Crippen LogP contribution in [-0.2, 0) is 11.4 Å². The Hall–Kier alpha value is -3.13. The molecule has 0 atom stereocenters. The van der Waals surface area contributed by atoms with Crippen LogP contribution in [0.5, 0.6) is 0 Å². The number of aromatic nitrogens is 2. The molecule has 1 aliphatic rings. The molecule has 0 aliphatic carbocycles. The van der Waals surface area contributed by atoms with Crippen LogP contribution in [0.25, 0.3) is 11.4 Å². The van der Waals surface area contributed by atoms with E-state index in [0.29, 0.717) is 24.1 Å². The lowest BCUT2D eigenvalue weighted by Gasteiger charge is -2.25.